The molecule has 1 unspecified atom stereocenters. The minimum atomic E-state index is -0.700. The Labute approximate surface area is 111 Å². The number of nitrogens with zero attached hydrogens (tertiary/aromatic N) is 2. The third kappa shape index (κ3) is 5.83. The number of hydrogen-bond acceptors (Lipinski definition) is 3. The molecule has 0 aromatic carbocycles. The number of rotatable bonds is 7. The van der Waals surface area contributed by atoms with E-state index in [9.17, 15) is 4.79 Å². The highest BCUT2D eigenvalue weighted by Crippen LogP contribution is 2.16. The Morgan fingerprint density at radius 3 is 2.83 bits per heavy atom. The van der Waals surface area contributed by atoms with Gasteiger partial charge in [0, 0.05) is 19.1 Å². The molecule has 1 aliphatic heterocycles. The van der Waals surface area contributed by atoms with E-state index in [1.54, 1.807) is 0 Å². The molecule has 1 atom stereocenters. The molecule has 0 spiro atoms. The second-order valence-electron chi connectivity index (χ2n) is 5.90. The first-order valence-electron chi connectivity index (χ1n) is 7.13. The van der Waals surface area contributed by atoms with Crippen molar-refractivity contribution in [2.75, 3.05) is 33.2 Å². The summed E-state index contributed by atoms with van der Waals surface area (Å²) >= 11 is 0. The Balaban J connectivity index is 2.30. The van der Waals surface area contributed by atoms with Crippen molar-refractivity contribution in [3.05, 3.63) is 0 Å². The topological polar surface area (TPSA) is 43.8 Å². The quantitative estimate of drug-likeness (QED) is 0.755. The van der Waals surface area contributed by atoms with Crippen LogP contribution in [0.1, 0.15) is 39.5 Å². The molecule has 1 rings (SSSR count). The van der Waals surface area contributed by atoms with Gasteiger partial charge in [0.15, 0.2) is 0 Å². The van der Waals surface area contributed by atoms with Gasteiger partial charge in [-0.1, -0.05) is 13.8 Å². The average Bonchev–Trinajstić information content (AvgIpc) is 2.33. The van der Waals surface area contributed by atoms with Crippen LogP contribution in [0, 0.1) is 5.92 Å². The molecule has 0 radical (unpaired) electrons. The van der Waals surface area contributed by atoms with Gasteiger partial charge in [0.2, 0.25) is 0 Å². The Kier molecular flexibility index (Phi) is 6.65. The molecule has 1 N–H and O–H groups in total. The fourth-order valence-electron chi connectivity index (χ4n) is 2.49. The normalized spacial score (nSPS) is 21.7. The van der Waals surface area contributed by atoms with Gasteiger partial charge < -0.3 is 14.9 Å². The van der Waals surface area contributed by atoms with Crippen LogP contribution in [0.2, 0.25) is 0 Å². The Morgan fingerprint density at radius 1 is 1.50 bits per heavy atom. The average molecular weight is 256 g/mol. The zero-order valence-corrected chi connectivity index (χ0v) is 12.1. The first kappa shape index (κ1) is 15.4. The van der Waals surface area contributed by atoms with Gasteiger partial charge in [0.1, 0.15) is 0 Å². The monoisotopic (exact) mass is 256 g/mol. The largest absolute Gasteiger partial charge is 0.481 e. The molecule has 0 amide bonds. The van der Waals surface area contributed by atoms with E-state index in [4.69, 9.17) is 5.11 Å². The van der Waals surface area contributed by atoms with Gasteiger partial charge in [-0.15, -0.1) is 0 Å². The van der Waals surface area contributed by atoms with E-state index in [0.29, 0.717) is 12.6 Å². The number of carbonyl (C=O) groups is 1. The van der Waals surface area contributed by atoms with Crippen LogP contribution >= 0.6 is 0 Å². The maximum atomic E-state index is 10.6. The van der Waals surface area contributed by atoms with Gasteiger partial charge in [-0.2, -0.15) is 0 Å². The highest BCUT2D eigenvalue weighted by Gasteiger charge is 2.23. The first-order valence-corrected chi connectivity index (χ1v) is 7.13. The SMILES string of the molecule is CC(C)CCN1CCCC(N(C)CCC(=O)O)C1. The van der Waals surface area contributed by atoms with Crippen LogP contribution in [0.5, 0.6) is 0 Å². The number of likely N-dealkylation sites (N-methyl/N-ethyl adjacent to an activating group) is 1. The summed E-state index contributed by atoms with van der Waals surface area (Å²) in [7, 11) is 2.06. The van der Waals surface area contributed by atoms with Gasteiger partial charge in [-0.3, -0.25) is 4.79 Å². The summed E-state index contributed by atoms with van der Waals surface area (Å²) in [6, 6.07) is 0.533. The Hall–Kier alpha value is -0.610. The van der Waals surface area contributed by atoms with E-state index in [0.717, 1.165) is 12.5 Å². The molecule has 1 saturated heterocycles. The molecule has 4 heteroatoms. The van der Waals surface area contributed by atoms with Gasteiger partial charge in [-0.25, -0.2) is 0 Å². The number of piperidine rings is 1. The van der Waals surface area contributed by atoms with Gasteiger partial charge in [-0.05, 0) is 45.3 Å². The smallest absolute Gasteiger partial charge is 0.304 e. The third-order valence-corrected chi connectivity index (χ3v) is 3.81. The number of hydrogen-bond donors (Lipinski definition) is 1. The van der Waals surface area contributed by atoms with Gasteiger partial charge in [0.05, 0.1) is 6.42 Å². The molecule has 0 saturated carbocycles. The van der Waals surface area contributed by atoms with Crippen molar-refractivity contribution < 1.29 is 9.90 Å². The van der Waals surface area contributed by atoms with E-state index in [-0.39, 0.29) is 6.42 Å². The standard InChI is InChI=1S/C14H28N2O2/c1-12(2)6-10-16-8-4-5-13(11-16)15(3)9-7-14(17)18/h12-13H,4-11H2,1-3H3,(H,17,18). The lowest BCUT2D eigenvalue weighted by Gasteiger charge is -2.37. The van der Waals surface area contributed by atoms with Crippen LogP contribution in [0.4, 0.5) is 0 Å². The van der Waals surface area contributed by atoms with Crippen molar-refractivity contribution in [1.82, 2.24) is 9.80 Å². The summed E-state index contributed by atoms with van der Waals surface area (Å²) in [4.78, 5) is 15.3. The maximum absolute atomic E-state index is 10.6. The van der Waals surface area contributed by atoms with E-state index in [1.807, 2.05) is 0 Å². The van der Waals surface area contributed by atoms with Crippen molar-refractivity contribution in [3.8, 4) is 0 Å². The highest BCUT2D eigenvalue weighted by molar-refractivity contribution is 5.66. The number of carboxylic acid groups (broad SMARTS) is 1. The molecule has 0 aliphatic carbocycles. The lowest BCUT2D eigenvalue weighted by molar-refractivity contribution is -0.137. The molecule has 0 bridgehead atoms. The van der Waals surface area contributed by atoms with Crippen LogP contribution in [-0.4, -0.2) is 60.1 Å². The van der Waals surface area contributed by atoms with Crippen molar-refractivity contribution in [3.63, 3.8) is 0 Å². The van der Waals surface area contributed by atoms with Crippen molar-refractivity contribution in [2.24, 2.45) is 5.92 Å². The minimum Gasteiger partial charge on any atom is -0.481 e. The number of carboxylic acids is 1. The van der Waals surface area contributed by atoms with E-state index in [2.05, 4.69) is 30.7 Å². The third-order valence-electron chi connectivity index (χ3n) is 3.81. The zero-order valence-electron chi connectivity index (χ0n) is 12.1. The highest BCUT2D eigenvalue weighted by atomic mass is 16.4. The molecule has 18 heavy (non-hydrogen) atoms. The molecular formula is C14H28N2O2. The van der Waals surface area contributed by atoms with E-state index < -0.39 is 5.97 Å². The van der Waals surface area contributed by atoms with Crippen LogP contribution < -0.4 is 0 Å². The molecule has 4 nitrogen and oxygen atoms in total. The molecule has 106 valence electrons. The summed E-state index contributed by atoms with van der Waals surface area (Å²) in [6.45, 7) is 8.68. The van der Waals surface area contributed by atoms with Crippen LogP contribution in [0.3, 0.4) is 0 Å². The number of likely N-dealkylation sites (tertiary alicyclic amines) is 1. The summed E-state index contributed by atoms with van der Waals surface area (Å²) < 4.78 is 0. The predicted octanol–water partition coefficient (Wildman–Crippen LogP) is 1.90. The zero-order chi connectivity index (χ0) is 13.5. The van der Waals surface area contributed by atoms with Gasteiger partial charge in [0.25, 0.3) is 0 Å². The lowest BCUT2D eigenvalue weighted by Crippen LogP contribution is -2.47. The predicted molar refractivity (Wildman–Crippen MR) is 73.8 cm³/mol. The molecule has 1 heterocycles. The summed E-state index contributed by atoms with van der Waals surface area (Å²) in [5.41, 5.74) is 0. The molecule has 0 aromatic rings. The summed E-state index contributed by atoms with van der Waals surface area (Å²) in [5.74, 6) is 0.0597. The lowest BCUT2D eigenvalue weighted by atomic mass is 10.0. The maximum Gasteiger partial charge on any atom is 0.304 e. The minimum absolute atomic E-state index is 0.249. The van der Waals surface area contributed by atoms with Crippen LogP contribution in [-0.2, 0) is 4.79 Å². The van der Waals surface area contributed by atoms with Crippen molar-refractivity contribution in [2.45, 2.75) is 45.6 Å². The molecule has 1 aliphatic rings. The first-order chi connectivity index (χ1) is 8.49. The van der Waals surface area contributed by atoms with Crippen molar-refractivity contribution in [1.29, 1.82) is 0 Å². The van der Waals surface area contributed by atoms with E-state index in [1.165, 1.54) is 32.4 Å². The fourth-order valence-corrected chi connectivity index (χ4v) is 2.49. The second-order valence-corrected chi connectivity index (χ2v) is 5.90. The summed E-state index contributed by atoms with van der Waals surface area (Å²) in [5, 5.41) is 8.72. The van der Waals surface area contributed by atoms with Crippen LogP contribution in [0.25, 0.3) is 0 Å². The van der Waals surface area contributed by atoms with Crippen molar-refractivity contribution >= 4 is 5.97 Å². The van der Waals surface area contributed by atoms with Gasteiger partial charge >= 0.3 is 5.97 Å². The Bertz CT molecular complexity index is 256. The summed E-state index contributed by atoms with van der Waals surface area (Å²) in [6.07, 6.45) is 3.94. The number of aliphatic carboxylic acids is 1. The molecule has 1 fully saturated rings. The van der Waals surface area contributed by atoms with Crippen LogP contribution in [0.15, 0.2) is 0 Å². The second kappa shape index (κ2) is 7.74. The molecular weight excluding hydrogens is 228 g/mol. The Morgan fingerprint density at radius 2 is 2.22 bits per heavy atom. The fraction of sp³-hybridized carbons (Fsp3) is 0.929. The molecule has 0 aromatic heterocycles. The van der Waals surface area contributed by atoms with E-state index >= 15 is 0 Å².